The summed E-state index contributed by atoms with van der Waals surface area (Å²) in [5.41, 5.74) is 0.268. The fourth-order valence-electron chi connectivity index (χ4n) is 2.53. The van der Waals surface area contributed by atoms with Crippen LogP contribution in [-0.4, -0.2) is 56.9 Å². The molecule has 0 aliphatic carbocycles. The number of amides is 2. The van der Waals surface area contributed by atoms with Crippen LogP contribution in [0.2, 0.25) is 0 Å². The van der Waals surface area contributed by atoms with Gasteiger partial charge in [-0.3, -0.25) is 9.69 Å². The first-order valence-electron chi connectivity index (χ1n) is 8.65. The van der Waals surface area contributed by atoms with Crippen molar-refractivity contribution in [2.75, 3.05) is 13.7 Å². The van der Waals surface area contributed by atoms with Gasteiger partial charge in [0.1, 0.15) is 36.1 Å². The molecule has 2 unspecified atom stereocenters. The summed E-state index contributed by atoms with van der Waals surface area (Å²) < 4.78 is 13.1. The number of likely N-dealkylation sites (tertiary alicyclic amines) is 1. The number of halogens is 3. The van der Waals surface area contributed by atoms with Crippen LogP contribution in [0, 0.1) is 0 Å². The highest BCUT2D eigenvalue weighted by molar-refractivity contribution is 7.81. The average Bonchev–Trinajstić information content (AvgIpc) is 2.71. The summed E-state index contributed by atoms with van der Waals surface area (Å²) in [6, 6.07) is 5.64. The van der Waals surface area contributed by atoms with Gasteiger partial charge in [-0.05, 0) is 24.6 Å². The number of benzene rings is 1. The number of carbonyl (C=O) groups is 3. The summed E-state index contributed by atoms with van der Waals surface area (Å²) in [6.07, 6.45) is -1.02. The van der Waals surface area contributed by atoms with E-state index in [4.69, 9.17) is 49.0 Å². The number of aliphatic hydroxyl groups excluding tert-OH is 1. The molecule has 1 aromatic carbocycles. The minimum absolute atomic E-state index is 0.107. The highest BCUT2D eigenvalue weighted by atomic mass is 35.6. The first-order valence-corrected chi connectivity index (χ1v) is 10.3. The predicted octanol–water partition coefficient (Wildman–Crippen LogP) is 3.09. The van der Waals surface area contributed by atoms with E-state index in [-0.39, 0.29) is 6.61 Å². The molecule has 0 aromatic heterocycles. The van der Waals surface area contributed by atoms with Crippen molar-refractivity contribution in [2.24, 2.45) is 0 Å². The van der Waals surface area contributed by atoms with Crippen LogP contribution in [0.1, 0.15) is 12.5 Å². The molecule has 1 saturated heterocycles. The first kappa shape index (κ1) is 25.3. The Bertz CT molecular complexity index is 870. The van der Waals surface area contributed by atoms with Gasteiger partial charge in [-0.2, -0.15) is 12.6 Å². The summed E-state index contributed by atoms with van der Waals surface area (Å²) in [5, 5.41) is 11.2. The molecule has 0 spiro atoms. The van der Waals surface area contributed by atoms with Crippen LogP contribution in [0.3, 0.4) is 0 Å². The number of aliphatic hydroxyl groups is 1. The maximum Gasteiger partial charge on any atom is 0.408 e. The lowest BCUT2D eigenvalue weighted by atomic mass is 10.1. The van der Waals surface area contributed by atoms with E-state index in [9.17, 15) is 19.5 Å². The third-order valence-corrected chi connectivity index (χ3v) is 4.87. The van der Waals surface area contributed by atoms with Crippen LogP contribution in [-0.2, 0) is 25.7 Å². The van der Waals surface area contributed by atoms with E-state index < -0.39 is 51.2 Å². The predicted molar refractivity (Wildman–Crippen MR) is 116 cm³/mol. The molecular formula is C18H19Cl3N2O7S. The summed E-state index contributed by atoms with van der Waals surface area (Å²) in [7, 11) is 1.52. The zero-order valence-corrected chi connectivity index (χ0v) is 19.5. The Morgan fingerprint density at radius 1 is 1.23 bits per heavy atom. The number of carbonyl (C=O) groups excluding carboxylic acids is 3. The van der Waals surface area contributed by atoms with Gasteiger partial charge in [0.25, 0.3) is 5.91 Å². The van der Waals surface area contributed by atoms with Crippen LogP contribution < -0.4 is 10.1 Å². The van der Waals surface area contributed by atoms with Crippen molar-refractivity contribution >= 4 is 65.4 Å². The summed E-state index contributed by atoms with van der Waals surface area (Å²) in [5.74, 6) is -1.47. The highest BCUT2D eigenvalue weighted by Gasteiger charge is 2.51. The van der Waals surface area contributed by atoms with Gasteiger partial charge in [0.2, 0.25) is 3.79 Å². The largest absolute Gasteiger partial charge is 0.510 e. The van der Waals surface area contributed by atoms with Crippen molar-refractivity contribution in [2.45, 2.75) is 28.7 Å². The molecule has 31 heavy (non-hydrogen) atoms. The lowest BCUT2D eigenvalue weighted by Crippen LogP contribution is -2.68. The van der Waals surface area contributed by atoms with Crippen molar-refractivity contribution in [1.29, 1.82) is 0 Å². The molecule has 13 heteroatoms. The number of rotatable bonds is 7. The minimum atomic E-state index is -1.81. The normalized spacial score (nSPS) is 19.2. The Morgan fingerprint density at radius 3 is 2.32 bits per heavy atom. The molecule has 1 aliphatic rings. The fraction of sp³-hybridized carbons (Fsp3) is 0.389. The van der Waals surface area contributed by atoms with Crippen molar-refractivity contribution in [1.82, 2.24) is 10.2 Å². The number of thiol groups is 1. The first-order chi connectivity index (χ1) is 14.4. The average molecular weight is 514 g/mol. The Labute approximate surface area is 198 Å². The van der Waals surface area contributed by atoms with Gasteiger partial charge in [0.05, 0.1) is 7.11 Å². The fourth-order valence-corrected chi connectivity index (χ4v) is 3.12. The Hall–Kier alpha value is -2.01. The number of nitrogens with one attached hydrogen (secondary N) is 1. The summed E-state index contributed by atoms with van der Waals surface area (Å²) in [4.78, 5) is 37.6. The van der Waals surface area contributed by atoms with Crippen LogP contribution >= 0.6 is 47.4 Å². The molecule has 9 nitrogen and oxygen atoms in total. The smallest absolute Gasteiger partial charge is 0.408 e. The number of β-lactam (4-membered cyclic amide) rings is 1. The molecule has 1 fully saturated rings. The standard InChI is InChI=1S/C18H19Cl3N2O7S/c1-9(24)13(16(26)29-7-10-3-5-11(28-2)6-4-10)23-14(25)12(15(23)31)22-17(27)30-8-18(19,20)21/h3-6,12,15,24,31H,7-8H2,1-2H3,(H,22,27). The van der Waals surface area contributed by atoms with Gasteiger partial charge in [0, 0.05) is 0 Å². The topological polar surface area (TPSA) is 114 Å². The second kappa shape index (κ2) is 10.5. The molecule has 1 heterocycles. The molecule has 2 atom stereocenters. The molecule has 1 aliphatic heterocycles. The number of ether oxygens (including phenoxy) is 3. The van der Waals surface area contributed by atoms with Crippen LogP contribution in [0.5, 0.6) is 5.75 Å². The van der Waals surface area contributed by atoms with E-state index >= 15 is 0 Å². The van der Waals surface area contributed by atoms with Crippen molar-refractivity contribution in [3.8, 4) is 5.75 Å². The van der Waals surface area contributed by atoms with Gasteiger partial charge < -0.3 is 24.6 Å². The number of alkyl carbamates (subject to hydrolysis) is 1. The second-order valence-corrected chi connectivity index (χ2v) is 9.34. The van der Waals surface area contributed by atoms with E-state index in [0.29, 0.717) is 11.3 Å². The molecule has 1 aromatic rings. The number of hydrogen-bond acceptors (Lipinski definition) is 8. The van der Waals surface area contributed by atoms with Gasteiger partial charge in [-0.1, -0.05) is 46.9 Å². The zero-order valence-electron chi connectivity index (χ0n) is 16.3. The van der Waals surface area contributed by atoms with Crippen LogP contribution in [0.25, 0.3) is 0 Å². The Morgan fingerprint density at radius 2 is 1.84 bits per heavy atom. The molecule has 0 bridgehead atoms. The van der Waals surface area contributed by atoms with Crippen molar-refractivity contribution in [3.63, 3.8) is 0 Å². The second-order valence-electron chi connectivity index (χ2n) is 6.29. The third kappa shape index (κ3) is 6.73. The SMILES string of the molecule is COc1ccc(COC(=O)C(=C(C)O)N2C(=O)C(NC(=O)OCC(Cl)(Cl)Cl)C2S)cc1. The molecule has 0 saturated carbocycles. The van der Waals surface area contributed by atoms with Crippen molar-refractivity contribution < 1.29 is 33.7 Å². The maximum atomic E-state index is 12.5. The Kier molecular flexibility index (Phi) is 8.58. The molecular weight excluding hydrogens is 495 g/mol. The van der Waals surface area contributed by atoms with E-state index in [1.807, 2.05) is 0 Å². The maximum absolute atomic E-state index is 12.5. The third-order valence-electron chi connectivity index (χ3n) is 4.01. The van der Waals surface area contributed by atoms with E-state index in [0.717, 1.165) is 4.90 Å². The van der Waals surface area contributed by atoms with Gasteiger partial charge in [-0.25, -0.2) is 9.59 Å². The molecule has 0 radical (unpaired) electrons. The van der Waals surface area contributed by atoms with Crippen LogP contribution in [0.4, 0.5) is 4.79 Å². The van der Waals surface area contributed by atoms with Crippen LogP contribution in [0.15, 0.2) is 35.7 Å². The Balaban J connectivity index is 1.98. The van der Waals surface area contributed by atoms with E-state index in [2.05, 4.69) is 17.9 Å². The summed E-state index contributed by atoms with van der Waals surface area (Å²) >= 11 is 20.7. The zero-order chi connectivity index (χ0) is 23.3. The molecule has 2 N–H and O–H groups in total. The van der Waals surface area contributed by atoms with E-state index in [1.165, 1.54) is 14.0 Å². The summed E-state index contributed by atoms with van der Waals surface area (Å²) in [6.45, 7) is 0.571. The highest BCUT2D eigenvalue weighted by Crippen LogP contribution is 2.31. The number of nitrogens with zero attached hydrogens (tertiary/aromatic N) is 1. The monoisotopic (exact) mass is 512 g/mol. The molecule has 2 amide bonds. The minimum Gasteiger partial charge on any atom is -0.510 e. The molecule has 170 valence electrons. The van der Waals surface area contributed by atoms with Gasteiger partial charge in [0.15, 0.2) is 5.70 Å². The quantitative estimate of drug-likeness (QED) is 0.128. The lowest BCUT2D eigenvalue weighted by molar-refractivity contribution is -0.152. The number of alkyl halides is 3. The van der Waals surface area contributed by atoms with Crippen molar-refractivity contribution in [3.05, 3.63) is 41.3 Å². The van der Waals surface area contributed by atoms with E-state index in [1.54, 1.807) is 24.3 Å². The number of esters is 1. The number of methoxy groups -OCH3 is 1. The lowest BCUT2D eigenvalue weighted by Gasteiger charge is -2.44. The number of allylic oxidation sites excluding steroid dienone is 1. The number of hydrogen-bond donors (Lipinski definition) is 3. The van der Waals surface area contributed by atoms with Gasteiger partial charge in [-0.15, -0.1) is 0 Å². The molecule has 2 rings (SSSR count). The van der Waals surface area contributed by atoms with Gasteiger partial charge >= 0.3 is 12.1 Å².